The summed E-state index contributed by atoms with van der Waals surface area (Å²) in [6, 6.07) is 10.9. The first-order valence-corrected chi connectivity index (χ1v) is 10.5. The fraction of sp³-hybridized carbons (Fsp3) is 0.273. The van der Waals surface area contributed by atoms with Crippen LogP contribution >= 0.6 is 23.2 Å². The van der Waals surface area contributed by atoms with E-state index in [4.69, 9.17) is 32.7 Å². The van der Waals surface area contributed by atoms with Crippen LogP contribution in [0.5, 0.6) is 0 Å². The van der Waals surface area contributed by atoms with Crippen molar-refractivity contribution in [1.29, 1.82) is 0 Å². The summed E-state index contributed by atoms with van der Waals surface area (Å²) in [4.78, 5) is 50.0. The Labute approximate surface area is 194 Å². The monoisotopic (exact) mass is 478 g/mol. The Morgan fingerprint density at radius 3 is 2.47 bits per heavy atom. The maximum atomic E-state index is 12.4. The molecule has 10 heteroatoms. The Kier molecular flexibility index (Phi) is 7.71. The predicted octanol–water partition coefficient (Wildman–Crippen LogP) is 3.70. The van der Waals surface area contributed by atoms with E-state index in [9.17, 15) is 19.2 Å². The van der Waals surface area contributed by atoms with E-state index in [1.165, 1.54) is 17.0 Å². The Balaban J connectivity index is 1.53. The zero-order valence-corrected chi connectivity index (χ0v) is 18.6. The van der Waals surface area contributed by atoms with Crippen molar-refractivity contribution in [1.82, 2.24) is 0 Å². The minimum absolute atomic E-state index is 0.0386. The van der Waals surface area contributed by atoms with Gasteiger partial charge in [0.05, 0.1) is 28.8 Å². The van der Waals surface area contributed by atoms with Crippen LogP contribution in [0.1, 0.15) is 23.7 Å². The largest absolute Gasteiger partial charge is 0.462 e. The molecule has 0 unspecified atom stereocenters. The smallest absolute Gasteiger partial charge is 0.338 e. The highest BCUT2D eigenvalue weighted by molar-refractivity contribution is 6.36. The lowest BCUT2D eigenvalue weighted by Gasteiger charge is -2.17. The normalized spacial score (nSPS) is 15.4. The summed E-state index contributed by atoms with van der Waals surface area (Å²) in [5.41, 5.74) is 1.25. The summed E-state index contributed by atoms with van der Waals surface area (Å²) < 4.78 is 10.0. The molecule has 1 saturated heterocycles. The van der Waals surface area contributed by atoms with E-state index in [1.807, 2.05) is 0 Å². The van der Waals surface area contributed by atoms with Crippen LogP contribution in [0.2, 0.25) is 10.0 Å². The van der Waals surface area contributed by atoms with Gasteiger partial charge in [0.1, 0.15) is 0 Å². The first-order chi connectivity index (χ1) is 15.3. The van der Waals surface area contributed by atoms with Gasteiger partial charge in [0.2, 0.25) is 5.91 Å². The molecule has 0 spiro atoms. The minimum Gasteiger partial charge on any atom is -0.462 e. The summed E-state index contributed by atoms with van der Waals surface area (Å²) in [5, 5.41) is 3.20. The van der Waals surface area contributed by atoms with Gasteiger partial charge in [0.25, 0.3) is 5.91 Å². The van der Waals surface area contributed by atoms with E-state index < -0.39 is 30.4 Å². The average molecular weight is 479 g/mol. The van der Waals surface area contributed by atoms with Gasteiger partial charge in [-0.25, -0.2) is 4.79 Å². The number of ether oxygens (including phenoxy) is 2. The number of carbonyl (C=O) groups is 4. The third-order valence-corrected chi connectivity index (χ3v) is 5.25. The van der Waals surface area contributed by atoms with Crippen LogP contribution in [-0.4, -0.2) is 43.5 Å². The highest BCUT2D eigenvalue weighted by atomic mass is 35.5. The highest BCUT2D eigenvalue weighted by Crippen LogP contribution is 2.27. The van der Waals surface area contributed by atoms with Gasteiger partial charge in [0, 0.05) is 23.7 Å². The van der Waals surface area contributed by atoms with Crippen molar-refractivity contribution in [2.75, 3.05) is 30.0 Å². The number of esters is 2. The molecule has 8 nitrogen and oxygen atoms in total. The molecule has 1 aliphatic rings. The second-order valence-corrected chi connectivity index (χ2v) is 7.80. The van der Waals surface area contributed by atoms with Crippen LogP contribution in [0, 0.1) is 5.92 Å². The molecule has 2 aromatic rings. The topological polar surface area (TPSA) is 102 Å². The number of hydrogen-bond donors (Lipinski definition) is 1. The van der Waals surface area contributed by atoms with Gasteiger partial charge >= 0.3 is 11.9 Å². The zero-order valence-electron chi connectivity index (χ0n) is 17.1. The maximum Gasteiger partial charge on any atom is 0.338 e. The molecule has 0 aromatic heterocycles. The molecule has 2 aromatic carbocycles. The second kappa shape index (κ2) is 10.5. The number of amides is 2. The quantitative estimate of drug-likeness (QED) is 0.608. The predicted molar refractivity (Wildman–Crippen MR) is 119 cm³/mol. The lowest BCUT2D eigenvalue weighted by atomic mass is 10.1. The van der Waals surface area contributed by atoms with Gasteiger partial charge in [-0.05, 0) is 49.4 Å². The van der Waals surface area contributed by atoms with Gasteiger partial charge in [-0.3, -0.25) is 14.4 Å². The number of halogens is 2. The van der Waals surface area contributed by atoms with Crippen LogP contribution in [-0.2, 0) is 23.9 Å². The molecule has 32 heavy (non-hydrogen) atoms. The third-order valence-electron chi connectivity index (χ3n) is 4.70. The Morgan fingerprint density at radius 1 is 1.09 bits per heavy atom. The van der Waals surface area contributed by atoms with Crippen molar-refractivity contribution in [2.24, 2.45) is 5.92 Å². The Hall–Kier alpha value is -3.10. The van der Waals surface area contributed by atoms with Crippen LogP contribution in [0.15, 0.2) is 42.5 Å². The van der Waals surface area contributed by atoms with Crippen LogP contribution in [0.4, 0.5) is 11.4 Å². The van der Waals surface area contributed by atoms with Crippen molar-refractivity contribution in [3.05, 3.63) is 58.1 Å². The van der Waals surface area contributed by atoms with Crippen LogP contribution in [0.25, 0.3) is 0 Å². The zero-order chi connectivity index (χ0) is 23.3. The van der Waals surface area contributed by atoms with Gasteiger partial charge < -0.3 is 19.7 Å². The van der Waals surface area contributed by atoms with Gasteiger partial charge in [0.15, 0.2) is 6.61 Å². The number of hydrogen-bond acceptors (Lipinski definition) is 6. The standard InChI is InChI=1S/C22H20Cl2N2O6/c1-2-31-21(29)13-3-6-16(7-4-13)26-11-14(9-20(26)28)22(30)32-12-19(27)25-18-8-5-15(23)10-17(18)24/h3-8,10,14H,2,9,11-12H2,1H3,(H,25,27)/t14-/m0/s1. The average Bonchev–Trinajstić information content (AvgIpc) is 3.16. The second-order valence-electron chi connectivity index (χ2n) is 6.95. The molecule has 168 valence electrons. The molecule has 0 saturated carbocycles. The molecule has 1 heterocycles. The first-order valence-electron chi connectivity index (χ1n) is 9.77. The number of carbonyl (C=O) groups excluding carboxylic acids is 4. The molecule has 1 atom stereocenters. The molecule has 1 N–H and O–H groups in total. The lowest BCUT2D eigenvalue weighted by molar-refractivity contribution is -0.151. The Bertz CT molecular complexity index is 1040. The lowest BCUT2D eigenvalue weighted by Crippen LogP contribution is -2.28. The van der Waals surface area contributed by atoms with Crippen molar-refractivity contribution in [3.8, 4) is 0 Å². The molecule has 0 aliphatic carbocycles. The molecule has 1 aliphatic heterocycles. The fourth-order valence-corrected chi connectivity index (χ4v) is 3.59. The van der Waals surface area contributed by atoms with Gasteiger partial charge in [-0.2, -0.15) is 0 Å². The number of benzene rings is 2. The number of nitrogens with zero attached hydrogens (tertiary/aromatic N) is 1. The molecule has 1 fully saturated rings. The molecule has 0 bridgehead atoms. The molecular formula is C22H20Cl2N2O6. The molecule has 3 rings (SSSR count). The first kappa shape index (κ1) is 23.6. The third kappa shape index (κ3) is 5.77. The SMILES string of the molecule is CCOC(=O)c1ccc(N2C[C@@H](C(=O)OCC(=O)Nc3ccc(Cl)cc3Cl)CC2=O)cc1. The highest BCUT2D eigenvalue weighted by Gasteiger charge is 2.36. The van der Waals surface area contributed by atoms with Crippen LogP contribution in [0.3, 0.4) is 0 Å². The summed E-state index contributed by atoms with van der Waals surface area (Å²) >= 11 is 11.8. The van der Waals surface area contributed by atoms with Crippen LogP contribution < -0.4 is 10.2 Å². The van der Waals surface area contributed by atoms with Gasteiger partial charge in [-0.1, -0.05) is 23.2 Å². The van der Waals surface area contributed by atoms with Crippen molar-refractivity contribution >= 4 is 58.3 Å². The van der Waals surface area contributed by atoms with E-state index in [0.717, 1.165) is 0 Å². The summed E-state index contributed by atoms with van der Waals surface area (Å²) in [7, 11) is 0. The fourth-order valence-electron chi connectivity index (χ4n) is 3.14. The van der Waals surface area contributed by atoms with E-state index in [-0.39, 0.29) is 30.5 Å². The van der Waals surface area contributed by atoms with Crippen molar-refractivity contribution in [3.63, 3.8) is 0 Å². The maximum absolute atomic E-state index is 12.4. The van der Waals surface area contributed by atoms with E-state index in [2.05, 4.69) is 5.32 Å². The molecule has 2 amide bonds. The Morgan fingerprint density at radius 2 is 1.81 bits per heavy atom. The molecular weight excluding hydrogens is 459 g/mol. The van der Waals surface area contributed by atoms with E-state index >= 15 is 0 Å². The van der Waals surface area contributed by atoms with E-state index in [1.54, 1.807) is 37.3 Å². The van der Waals surface area contributed by atoms with Crippen molar-refractivity contribution < 1.29 is 28.7 Å². The molecule has 0 radical (unpaired) electrons. The van der Waals surface area contributed by atoms with E-state index in [0.29, 0.717) is 22.0 Å². The minimum atomic E-state index is -0.709. The summed E-state index contributed by atoms with van der Waals surface area (Å²) in [5.74, 6) is -2.64. The summed E-state index contributed by atoms with van der Waals surface area (Å²) in [6.07, 6.45) is -0.0386. The summed E-state index contributed by atoms with van der Waals surface area (Å²) in [6.45, 7) is 1.57. The van der Waals surface area contributed by atoms with Crippen molar-refractivity contribution in [2.45, 2.75) is 13.3 Å². The number of rotatable bonds is 7. The van der Waals surface area contributed by atoms with Gasteiger partial charge in [-0.15, -0.1) is 0 Å². The number of nitrogens with one attached hydrogen (secondary N) is 1. The number of anilines is 2.